The smallest absolute Gasteiger partial charge is 0.338 e. The molecule has 1 N–H and O–H groups in total. The Morgan fingerprint density at radius 2 is 1.83 bits per heavy atom. The van der Waals surface area contributed by atoms with Crippen LogP contribution in [0.4, 0.5) is 5.69 Å². The van der Waals surface area contributed by atoms with E-state index in [9.17, 15) is 13.2 Å². The first kappa shape index (κ1) is 17.5. The predicted octanol–water partition coefficient (Wildman–Crippen LogP) is 3.74. The zero-order valence-corrected chi connectivity index (χ0v) is 15.1. The molecule has 0 fully saturated rings. The number of rotatable bonds is 5. The number of carbonyl (C=O) groups excluding carboxylic acids is 1. The molecular weight excluding hydrogens is 382 g/mol. The second-order valence-corrected chi connectivity index (χ2v) is 7.35. The van der Waals surface area contributed by atoms with Gasteiger partial charge in [0.25, 0.3) is 10.0 Å². The summed E-state index contributed by atoms with van der Waals surface area (Å²) in [6.45, 7) is 3.83. The summed E-state index contributed by atoms with van der Waals surface area (Å²) in [5, 5.41) is 0. The van der Waals surface area contributed by atoms with Gasteiger partial charge >= 0.3 is 5.97 Å². The van der Waals surface area contributed by atoms with E-state index in [-0.39, 0.29) is 11.5 Å². The van der Waals surface area contributed by atoms with Crippen LogP contribution in [0.25, 0.3) is 0 Å². The van der Waals surface area contributed by atoms with Gasteiger partial charge in [-0.25, -0.2) is 13.2 Å². The topological polar surface area (TPSA) is 72.5 Å². The van der Waals surface area contributed by atoms with Crippen LogP contribution in [0.15, 0.2) is 51.8 Å². The minimum absolute atomic E-state index is 0.174. The van der Waals surface area contributed by atoms with Gasteiger partial charge in [-0.15, -0.1) is 0 Å². The second kappa shape index (κ2) is 7.14. The Bertz CT molecular complexity index is 816. The molecule has 0 radical (unpaired) electrons. The number of carbonyl (C=O) groups is 1. The number of esters is 1. The second-order valence-electron chi connectivity index (χ2n) is 4.81. The largest absolute Gasteiger partial charge is 0.462 e. The van der Waals surface area contributed by atoms with Crippen molar-refractivity contribution >= 4 is 37.6 Å². The molecule has 0 atom stereocenters. The molecular formula is C16H16BrNO4S. The molecule has 0 amide bonds. The SMILES string of the molecule is CCOC(=O)c1ccc(NS(=O)(=O)c2ccc(Br)c(C)c2)cc1. The van der Waals surface area contributed by atoms with E-state index >= 15 is 0 Å². The summed E-state index contributed by atoms with van der Waals surface area (Å²) in [5.41, 5.74) is 1.57. The van der Waals surface area contributed by atoms with Gasteiger partial charge in [0, 0.05) is 10.2 Å². The highest BCUT2D eigenvalue weighted by Crippen LogP contribution is 2.22. The highest BCUT2D eigenvalue weighted by Gasteiger charge is 2.15. The van der Waals surface area contributed by atoms with E-state index in [1.807, 2.05) is 6.92 Å². The van der Waals surface area contributed by atoms with Gasteiger partial charge in [-0.3, -0.25) is 4.72 Å². The number of halogens is 1. The summed E-state index contributed by atoms with van der Waals surface area (Å²) in [6, 6.07) is 10.9. The fraction of sp³-hybridized carbons (Fsp3) is 0.188. The summed E-state index contributed by atoms with van der Waals surface area (Å²) < 4.78 is 32.9. The monoisotopic (exact) mass is 397 g/mol. The zero-order valence-electron chi connectivity index (χ0n) is 12.7. The predicted molar refractivity (Wildman–Crippen MR) is 92.1 cm³/mol. The highest BCUT2D eigenvalue weighted by atomic mass is 79.9. The molecule has 5 nitrogen and oxygen atoms in total. The standard InChI is InChI=1S/C16H16BrNO4S/c1-3-22-16(19)12-4-6-13(7-5-12)18-23(20,21)14-8-9-15(17)11(2)10-14/h4-10,18H,3H2,1-2H3. The maximum atomic E-state index is 12.4. The number of hydrogen-bond donors (Lipinski definition) is 1. The number of benzene rings is 2. The van der Waals surface area contributed by atoms with Gasteiger partial charge in [-0.1, -0.05) is 15.9 Å². The quantitative estimate of drug-likeness (QED) is 0.779. The van der Waals surface area contributed by atoms with Gasteiger partial charge in [-0.2, -0.15) is 0 Å². The Morgan fingerprint density at radius 1 is 1.17 bits per heavy atom. The Morgan fingerprint density at radius 3 is 2.39 bits per heavy atom. The van der Waals surface area contributed by atoms with Crippen molar-refractivity contribution in [3.8, 4) is 0 Å². The lowest BCUT2D eigenvalue weighted by atomic mass is 10.2. The summed E-state index contributed by atoms with van der Waals surface area (Å²) in [6.07, 6.45) is 0. The van der Waals surface area contributed by atoms with Crippen LogP contribution in [-0.2, 0) is 14.8 Å². The zero-order chi connectivity index (χ0) is 17.0. The van der Waals surface area contributed by atoms with Crippen molar-refractivity contribution < 1.29 is 17.9 Å². The van der Waals surface area contributed by atoms with Gasteiger partial charge in [0.05, 0.1) is 17.1 Å². The first-order valence-corrected chi connectivity index (χ1v) is 9.17. The molecule has 2 aromatic carbocycles. The summed E-state index contributed by atoms with van der Waals surface area (Å²) >= 11 is 3.34. The fourth-order valence-electron chi connectivity index (χ4n) is 1.89. The van der Waals surface area contributed by atoms with Crippen molar-refractivity contribution in [2.24, 2.45) is 0 Å². The third-order valence-corrected chi connectivity index (χ3v) is 5.36. The molecule has 0 saturated heterocycles. The van der Waals surface area contributed by atoms with E-state index in [0.29, 0.717) is 11.3 Å². The molecule has 2 rings (SSSR count). The lowest BCUT2D eigenvalue weighted by Gasteiger charge is -2.10. The molecule has 7 heteroatoms. The average Bonchev–Trinajstić information content (AvgIpc) is 2.50. The van der Waals surface area contributed by atoms with Gasteiger partial charge < -0.3 is 4.74 Å². The molecule has 0 heterocycles. The van der Waals surface area contributed by atoms with Crippen LogP contribution in [0.1, 0.15) is 22.8 Å². The van der Waals surface area contributed by atoms with Crippen LogP contribution < -0.4 is 4.72 Å². The van der Waals surface area contributed by atoms with E-state index in [0.717, 1.165) is 10.0 Å². The summed E-state index contributed by atoms with van der Waals surface area (Å²) in [5.74, 6) is -0.439. The molecule has 0 bridgehead atoms. The molecule has 0 aliphatic rings. The Kier molecular flexibility index (Phi) is 5.43. The molecule has 0 aliphatic carbocycles. The van der Waals surface area contributed by atoms with E-state index < -0.39 is 16.0 Å². The molecule has 122 valence electrons. The minimum Gasteiger partial charge on any atom is -0.462 e. The maximum absolute atomic E-state index is 12.4. The molecule has 0 aromatic heterocycles. The molecule has 23 heavy (non-hydrogen) atoms. The molecule has 2 aromatic rings. The number of aryl methyl sites for hydroxylation is 1. The van der Waals surface area contributed by atoms with Crippen LogP contribution in [0.2, 0.25) is 0 Å². The molecule has 0 aliphatic heterocycles. The molecule has 0 unspecified atom stereocenters. The molecule has 0 saturated carbocycles. The van der Waals surface area contributed by atoms with Gasteiger partial charge in [0.1, 0.15) is 0 Å². The average molecular weight is 398 g/mol. The van der Waals surface area contributed by atoms with Gasteiger partial charge in [-0.05, 0) is 61.9 Å². The van der Waals surface area contributed by atoms with Crippen molar-refractivity contribution in [2.75, 3.05) is 11.3 Å². The third-order valence-electron chi connectivity index (χ3n) is 3.09. The van der Waals surface area contributed by atoms with E-state index in [1.165, 1.54) is 30.3 Å². The number of ether oxygens (including phenoxy) is 1. The normalized spacial score (nSPS) is 11.1. The number of nitrogens with one attached hydrogen (secondary N) is 1. The number of hydrogen-bond acceptors (Lipinski definition) is 4. The maximum Gasteiger partial charge on any atom is 0.338 e. The Hall–Kier alpha value is -1.86. The lowest BCUT2D eigenvalue weighted by molar-refractivity contribution is 0.0526. The van der Waals surface area contributed by atoms with Crippen LogP contribution >= 0.6 is 15.9 Å². The van der Waals surface area contributed by atoms with Crippen LogP contribution in [-0.4, -0.2) is 21.0 Å². The van der Waals surface area contributed by atoms with Crippen molar-refractivity contribution in [3.63, 3.8) is 0 Å². The first-order valence-electron chi connectivity index (χ1n) is 6.89. The third kappa shape index (κ3) is 4.33. The molecule has 0 spiro atoms. The van der Waals surface area contributed by atoms with E-state index in [1.54, 1.807) is 19.1 Å². The van der Waals surface area contributed by atoms with Crippen molar-refractivity contribution in [2.45, 2.75) is 18.7 Å². The Balaban J connectivity index is 2.20. The lowest BCUT2D eigenvalue weighted by Crippen LogP contribution is -2.13. The van der Waals surface area contributed by atoms with Crippen molar-refractivity contribution in [3.05, 3.63) is 58.1 Å². The van der Waals surface area contributed by atoms with Crippen LogP contribution in [0, 0.1) is 6.92 Å². The summed E-state index contributed by atoms with van der Waals surface area (Å²) in [4.78, 5) is 11.7. The van der Waals surface area contributed by atoms with E-state index in [2.05, 4.69) is 20.7 Å². The highest BCUT2D eigenvalue weighted by molar-refractivity contribution is 9.10. The van der Waals surface area contributed by atoms with Crippen molar-refractivity contribution in [1.82, 2.24) is 0 Å². The fourth-order valence-corrected chi connectivity index (χ4v) is 3.28. The summed E-state index contributed by atoms with van der Waals surface area (Å²) in [7, 11) is -3.68. The minimum atomic E-state index is -3.68. The van der Waals surface area contributed by atoms with Crippen molar-refractivity contribution in [1.29, 1.82) is 0 Å². The Labute approximate surface area is 143 Å². The van der Waals surface area contributed by atoms with Gasteiger partial charge in [0.2, 0.25) is 0 Å². The van der Waals surface area contributed by atoms with Gasteiger partial charge in [0.15, 0.2) is 0 Å². The van der Waals surface area contributed by atoms with E-state index in [4.69, 9.17) is 4.74 Å². The first-order chi connectivity index (χ1) is 10.8. The number of anilines is 1. The van der Waals surface area contributed by atoms with Crippen LogP contribution in [0.5, 0.6) is 0 Å². The van der Waals surface area contributed by atoms with Crippen LogP contribution in [0.3, 0.4) is 0 Å². The number of sulfonamides is 1.